The Morgan fingerprint density at radius 3 is 2.79 bits per heavy atom. The third-order valence-corrected chi connectivity index (χ3v) is 3.09. The first-order valence-electron chi connectivity index (χ1n) is 5.69. The molecular formula is C12H14N4O2S. The van der Waals surface area contributed by atoms with Gasteiger partial charge in [0.25, 0.3) is 0 Å². The molecule has 19 heavy (non-hydrogen) atoms. The Morgan fingerprint density at radius 1 is 1.37 bits per heavy atom. The highest BCUT2D eigenvalue weighted by Gasteiger charge is 2.07. The summed E-state index contributed by atoms with van der Waals surface area (Å²) in [6, 6.07) is 7.74. The van der Waals surface area contributed by atoms with Crippen molar-refractivity contribution in [1.29, 1.82) is 0 Å². The Balaban J connectivity index is 1.89. The van der Waals surface area contributed by atoms with Crippen LogP contribution in [0.2, 0.25) is 0 Å². The van der Waals surface area contributed by atoms with Gasteiger partial charge in [0.15, 0.2) is 5.01 Å². The molecular weight excluding hydrogens is 264 g/mol. The standard InChI is InChI=1S/C12H14N4O2S/c1-8-2-4-9(5-3-8)18-7-11-15-16-12(19-11)14-10(17)6-13/h2-5H,6-7,13H2,1H3,(H,14,16,17). The second-order valence-electron chi connectivity index (χ2n) is 3.85. The van der Waals surface area contributed by atoms with Crippen molar-refractivity contribution in [3.05, 3.63) is 34.8 Å². The molecule has 1 aromatic carbocycles. The first-order chi connectivity index (χ1) is 9.17. The number of aryl methyl sites for hydroxylation is 1. The second kappa shape index (κ2) is 6.26. The lowest BCUT2D eigenvalue weighted by molar-refractivity contribution is -0.114. The fourth-order valence-corrected chi connectivity index (χ4v) is 1.98. The molecule has 0 spiro atoms. The fraction of sp³-hybridized carbons (Fsp3) is 0.250. The minimum atomic E-state index is -0.290. The van der Waals surface area contributed by atoms with E-state index in [4.69, 9.17) is 10.5 Å². The third kappa shape index (κ3) is 4.01. The predicted molar refractivity (Wildman–Crippen MR) is 73.1 cm³/mol. The van der Waals surface area contributed by atoms with Crippen molar-refractivity contribution < 1.29 is 9.53 Å². The maximum Gasteiger partial charge on any atom is 0.239 e. The van der Waals surface area contributed by atoms with E-state index < -0.39 is 0 Å². The highest BCUT2D eigenvalue weighted by atomic mass is 32.1. The molecule has 0 fully saturated rings. The van der Waals surface area contributed by atoms with Gasteiger partial charge in [-0.2, -0.15) is 0 Å². The summed E-state index contributed by atoms with van der Waals surface area (Å²) in [6.07, 6.45) is 0. The van der Waals surface area contributed by atoms with Crippen molar-refractivity contribution in [3.8, 4) is 5.75 Å². The Morgan fingerprint density at radius 2 is 2.11 bits per heavy atom. The van der Waals surface area contributed by atoms with Crippen LogP contribution in [0.1, 0.15) is 10.6 Å². The van der Waals surface area contributed by atoms with Crippen LogP contribution in [0.15, 0.2) is 24.3 Å². The van der Waals surface area contributed by atoms with E-state index >= 15 is 0 Å². The van der Waals surface area contributed by atoms with E-state index in [9.17, 15) is 4.79 Å². The summed E-state index contributed by atoms with van der Waals surface area (Å²) in [5, 5.41) is 11.4. The van der Waals surface area contributed by atoms with Gasteiger partial charge in [0.1, 0.15) is 12.4 Å². The molecule has 0 aliphatic carbocycles. The number of aromatic nitrogens is 2. The number of nitrogens with zero attached hydrogens (tertiary/aromatic N) is 2. The Labute approximate surface area is 114 Å². The molecule has 2 rings (SSSR count). The molecule has 2 aromatic rings. The van der Waals surface area contributed by atoms with Gasteiger partial charge in [-0.15, -0.1) is 10.2 Å². The molecule has 1 amide bonds. The number of carbonyl (C=O) groups excluding carboxylic acids is 1. The molecule has 0 saturated carbocycles. The van der Waals surface area contributed by atoms with E-state index in [2.05, 4.69) is 15.5 Å². The number of hydrogen-bond acceptors (Lipinski definition) is 6. The van der Waals surface area contributed by atoms with Crippen LogP contribution >= 0.6 is 11.3 Å². The van der Waals surface area contributed by atoms with Crippen LogP contribution in [-0.2, 0) is 11.4 Å². The Kier molecular flexibility index (Phi) is 4.43. The van der Waals surface area contributed by atoms with Crippen LogP contribution < -0.4 is 15.8 Å². The third-order valence-electron chi connectivity index (χ3n) is 2.28. The topological polar surface area (TPSA) is 90.1 Å². The van der Waals surface area contributed by atoms with E-state index in [1.54, 1.807) is 0 Å². The van der Waals surface area contributed by atoms with Gasteiger partial charge >= 0.3 is 0 Å². The summed E-state index contributed by atoms with van der Waals surface area (Å²) in [4.78, 5) is 11.1. The molecule has 3 N–H and O–H groups in total. The lowest BCUT2D eigenvalue weighted by Crippen LogP contribution is -2.21. The average molecular weight is 278 g/mol. The van der Waals surface area contributed by atoms with Gasteiger partial charge in [0.05, 0.1) is 6.54 Å². The lowest BCUT2D eigenvalue weighted by Gasteiger charge is -2.03. The Bertz CT molecular complexity index is 553. The molecule has 0 bridgehead atoms. The quantitative estimate of drug-likeness (QED) is 0.861. The van der Waals surface area contributed by atoms with Crippen molar-refractivity contribution >= 4 is 22.4 Å². The van der Waals surface area contributed by atoms with Gasteiger partial charge in [-0.1, -0.05) is 29.0 Å². The molecule has 0 aliphatic heterocycles. The van der Waals surface area contributed by atoms with Gasteiger partial charge in [-0.3, -0.25) is 10.1 Å². The maximum atomic E-state index is 11.1. The fourth-order valence-electron chi connectivity index (χ4n) is 1.31. The normalized spacial score (nSPS) is 10.2. The number of ether oxygens (including phenoxy) is 1. The number of carbonyl (C=O) groups is 1. The first kappa shape index (κ1) is 13.4. The smallest absolute Gasteiger partial charge is 0.239 e. The molecule has 0 saturated heterocycles. The number of amides is 1. The van der Waals surface area contributed by atoms with E-state index in [0.717, 1.165) is 5.75 Å². The summed E-state index contributed by atoms with van der Waals surface area (Å²) < 4.78 is 5.56. The summed E-state index contributed by atoms with van der Waals surface area (Å²) in [5.41, 5.74) is 6.37. The number of benzene rings is 1. The highest BCUT2D eigenvalue weighted by Crippen LogP contribution is 2.18. The summed E-state index contributed by atoms with van der Waals surface area (Å²) in [7, 11) is 0. The number of hydrogen-bond donors (Lipinski definition) is 2. The minimum Gasteiger partial charge on any atom is -0.486 e. The van der Waals surface area contributed by atoms with Gasteiger partial charge < -0.3 is 10.5 Å². The second-order valence-corrected chi connectivity index (χ2v) is 4.92. The minimum absolute atomic E-state index is 0.0746. The number of rotatable bonds is 5. The van der Waals surface area contributed by atoms with Gasteiger partial charge in [-0.25, -0.2) is 0 Å². The number of nitrogens with two attached hydrogens (primary N) is 1. The van der Waals surface area contributed by atoms with Crippen molar-refractivity contribution in [2.24, 2.45) is 5.73 Å². The number of nitrogens with one attached hydrogen (secondary N) is 1. The molecule has 7 heteroatoms. The molecule has 1 heterocycles. The average Bonchev–Trinajstić information content (AvgIpc) is 2.85. The van der Waals surface area contributed by atoms with Crippen LogP contribution in [0.5, 0.6) is 5.75 Å². The zero-order chi connectivity index (χ0) is 13.7. The van der Waals surface area contributed by atoms with Crippen LogP contribution in [0, 0.1) is 6.92 Å². The first-order valence-corrected chi connectivity index (χ1v) is 6.51. The molecule has 0 unspecified atom stereocenters. The van der Waals surface area contributed by atoms with E-state index in [1.165, 1.54) is 16.9 Å². The Hall–Kier alpha value is -1.99. The largest absolute Gasteiger partial charge is 0.486 e. The molecule has 0 atom stereocenters. The monoisotopic (exact) mass is 278 g/mol. The van der Waals surface area contributed by atoms with Crippen molar-refractivity contribution in [2.45, 2.75) is 13.5 Å². The van der Waals surface area contributed by atoms with Crippen molar-refractivity contribution in [3.63, 3.8) is 0 Å². The van der Waals surface area contributed by atoms with Crippen LogP contribution in [-0.4, -0.2) is 22.6 Å². The van der Waals surface area contributed by atoms with Crippen LogP contribution in [0.25, 0.3) is 0 Å². The van der Waals surface area contributed by atoms with E-state index in [1.807, 2.05) is 31.2 Å². The summed E-state index contributed by atoms with van der Waals surface area (Å²) in [5.74, 6) is 0.482. The van der Waals surface area contributed by atoms with E-state index in [0.29, 0.717) is 16.7 Å². The van der Waals surface area contributed by atoms with Crippen molar-refractivity contribution in [1.82, 2.24) is 10.2 Å². The lowest BCUT2D eigenvalue weighted by atomic mass is 10.2. The predicted octanol–water partition coefficient (Wildman–Crippen LogP) is 1.32. The zero-order valence-corrected chi connectivity index (χ0v) is 11.2. The summed E-state index contributed by atoms with van der Waals surface area (Å²) >= 11 is 1.26. The summed E-state index contributed by atoms with van der Waals surface area (Å²) in [6.45, 7) is 2.26. The molecule has 100 valence electrons. The highest BCUT2D eigenvalue weighted by molar-refractivity contribution is 7.15. The molecule has 0 aliphatic rings. The number of anilines is 1. The van der Waals surface area contributed by atoms with Gasteiger partial charge in [0.2, 0.25) is 11.0 Å². The van der Waals surface area contributed by atoms with E-state index in [-0.39, 0.29) is 12.5 Å². The van der Waals surface area contributed by atoms with Gasteiger partial charge in [0, 0.05) is 0 Å². The molecule has 0 radical (unpaired) electrons. The zero-order valence-electron chi connectivity index (χ0n) is 10.4. The van der Waals surface area contributed by atoms with Crippen molar-refractivity contribution in [2.75, 3.05) is 11.9 Å². The van der Waals surface area contributed by atoms with Crippen LogP contribution in [0.3, 0.4) is 0 Å². The molecule has 1 aromatic heterocycles. The van der Waals surface area contributed by atoms with Gasteiger partial charge in [-0.05, 0) is 19.1 Å². The SMILES string of the molecule is Cc1ccc(OCc2nnc(NC(=O)CN)s2)cc1. The molecule has 6 nitrogen and oxygen atoms in total. The maximum absolute atomic E-state index is 11.1. The van der Waals surface area contributed by atoms with Crippen LogP contribution in [0.4, 0.5) is 5.13 Å².